The number of amides is 1. The second-order valence-corrected chi connectivity index (χ2v) is 4.94. The SMILES string of the molecule is COc1cccc(NC(=O)c2cccc(I)c2)c1. The Morgan fingerprint density at radius 1 is 1.17 bits per heavy atom. The van der Waals surface area contributed by atoms with Gasteiger partial charge < -0.3 is 10.1 Å². The zero-order valence-electron chi connectivity index (χ0n) is 9.81. The number of carbonyl (C=O) groups is 1. The Morgan fingerprint density at radius 2 is 1.94 bits per heavy atom. The number of methoxy groups -OCH3 is 1. The molecule has 0 aliphatic carbocycles. The van der Waals surface area contributed by atoms with Crippen molar-refractivity contribution in [3.63, 3.8) is 0 Å². The summed E-state index contributed by atoms with van der Waals surface area (Å²) >= 11 is 2.18. The van der Waals surface area contributed by atoms with E-state index in [1.54, 1.807) is 19.2 Å². The number of nitrogens with one attached hydrogen (secondary N) is 1. The second kappa shape index (κ2) is 5.86. The highest BCUT2D eigenvalue weighted by Gasteiger charge is 2.06. The van der Waals surface area contributed by atoms with Gasteiger partial charge >= 0.3 is 0 Å². The molecule has 0 aliphatic heterocycles. The van der Waals surface area contributed by atoms with E-state index in [4.69, 9.17) is 4.74 Å². The summed E-state index contributed by atoms with van der Waals surface area (Å²) in [5.41, 5.74) is 1.36. The molecule has 18 heavy (non-hydrogen) atoms. The zero-order valence-corrected chi connectivity index (χ0v) is 12.0. The molecule has 0 aliphatic rings. The fourth-order valence-corrected chi connectivity index (χ4v) is 2.08. The number of halogens is 1. The summed E-state index contributed by atoms with van der Waals surface area (Å²) in [7, 11) is 1.60. The van der Waals surface area contributed by atoms with Crippen molar-refractivity contribution < 1.29 is 9.53 Å². The van der Waals surface area contributed by atoms with Crippen LogP contribution in [0.3, 0.4) is 0 Å². The van der Waals surface area contributed by atoms with Crippen LogP contribution in [0.1, 0.15) is 10.4 Å². The lowest BCUT2D eigenvalue weighted by molar-refractivity contribution is 0.102. The molecular formula is C14H12INO2. The van der Waals surface area contributed by atoms with Gasteiger partial charge in [-0.15, -0.1) is 0 Å². The third-order valence-corrected chi connectivity index (χ3v) is 3.09. The van der Waals surface area contributed by atoms with Crippen LogP contribution in [0.25, 0.3) is 0 Å². The van der Waals surface area contributed by atoms with Gasteiger partial charge in [-0.1, -0.05) is 12.1 Å². The van der Waals surface area contributed by atoms with Crippen molar-refractivity contribution in [3.05, 3.63) is 57.7 Å². The number of benzene rings is 2. The molecule has 0 aromatic heterocycles. The first-order valence-corrected chi connectivity index (χ1v) is 6.48. The van der Waals surface area contributed by atoms with Crippen molar-refractivity contribution >= 4 is 34.2 Å². The first kappa shape index (κ1) is 12.9. The largest absolute Gasteiger partial charge is 0.497 e. The molecule has 2 aromatic rings. The lowest BCUT2D eigenvalue weighted by atomic mass is 10.2. The molecule has 1 N–H and O–H groups in total. The summed E-state index contributed by atoms with van der Waals surface area (Å²) in [4.78, 5) is 12.0. The van der Waals surface area contributed by atoms with Gasteiger partial charge in [-0.05, 0) is 52.9 Å². The van der Waals surface area contributed by atoms with Crippen LogP contribution < -0.4 is 10.1 Å². The summed E-state index contributed by atoms with van der Waals surface area (Å²) in [6.45, 7) is 0. The van der Waals surface area contributed by atoms with Crippen LogP contribution in [0.15, 0.2) is 48.5 Å². The third kappa shape index (κ3) is 3.22. The maximum atomic E-state index is 12.0. The van der Waals surface area contributed by atoms with Gasteiger partial charge in [0, 0.05) is 20.9 Å². The summed E-state index contributed by atoms with van der Waals surface area (Å²) in [5.74, 6) is 0.595. The van der Waals surface area contributed by atoms with Crippen molar-refractivity contribution in [1.29, 1.82) is 0 Å². The van der Waals surface area contributed by atoms with Crippen molar-refractivity contribution in [3.8, 4) is 5.75 Å². The molecule has 4 heteroatoms. The highest BCUT2D eigenvalue weighted by atomic mass is 127. The number of rotatable bonds is 3. The Morgan fingerprint density at radius 3 is 2.67 bits per heavy atom. The van der Waals surface area contributed by atoms with E-state index in [2.05, 4.69) is 27.9 Å². The Labute approximate surface area is 119 Å². The van der Waals surface area contributed by atoms with E-state index in [-0.39, 0.29) is 5.91 Å². The minimum atomic E-state index is -0.123. The van der Waals surface area contributed by atoms with Crippen molar-refractivity contribution in [2.75, 3.05) is 12.4 Å². The van der Waals surface area contributed by atoms with E-state index in [0.29, 0.717) is 5.56 Å². The number of anilines is 1. The van der Waals surface area contributed by atoms with Crippen LogP contribution in [-0.4, -0.2) is 13.0 Å². The average molecular weight is 353 g/mol. The van der Waals surface area contributed by atoms with Gasteiger partial charge in [0.1, 0.15) is 5.75 Å². The number of ether oxygens (including phenoxy) is 1. The first-order valence-electron chi connectivity index (χ1n) is 5.40. The van der Waals surface area contributed by atoms with Gasteiger partial charge in [-0.25, -0.2) is 0 Å². The quantitative estimate of drug-likeness (QED) is 0.857. The molecule has 2 aromatic carbocycles. The Balaban J connectivity index is 2.16. The molecular weight excluding hydrogens is 341 g/mol. The molecule has 0 saturated carbocycles. The fourth-order valence-electron chi connectivity index (χ4n) is 1.53. The highest BCUT2D eigenvalue weighted by molar-refractivity contribution is 14.1. The van der Waals surface area contributed by atoms with E-state index in [1.807, 2.05) is 36.4 Å². The van der Waals surface area contributed by atoms with Gasteiger partial charge in [-0.2, -0.15) is 0 Å². The van der Waals surface area contributed by atoms with Crippen LogP contribution in [0, 0.1) is 3.57 Å². The van der Waals surface area contributed by atoms with Crippen LogP contribution >= 0.6 is 22.6 Å². The minimum absolute atomic E-state index is 0.123. The molecule has 0 fully saturated rings. The number of hydrogen-bond donors (Lipinski definition) is 1. The molecule has 0 radical (unpaired) electrons. The fraction of sp³-hybridized carbons (Fsp3) is 0.0714. The number of carbonyl (C=O) groups excluding carboxylic acids is 1. The maximum Gasteiger partial charge on any atom is 0.255 e. The Bertz CT molecular complexity index is 569. The molecule has 0 bridgehead atoms. The Hall–Kier alpha value is -1.56. The molecule has 2 rings (SSSR count). The molecule has 0 heterocycles. The minimum Gasteiger partial charge on any atom is -0.497 e. The summed E-state index contributed by atoms with van der Waals surface area (Å²) < 4.78 is 6.14. The van der Waals surface area contributed by atoms with E-state index in [0.717, 1.165) is 15.0 Å². The van der Waals surface area contributed by atoms with Crippen molar-refractivity contribution in [2.45, 2.75) is 0 Å². The summed E-state index contributed by atoms with van der Waals surface area (Å²) in [6, 6.07) is 14.7. The smallest absolute Gasteiger partial charge is 0.255 e. The lowest BCUT2D eigenvalue weighted by Gasteiger charge is -2.07. The molecule has 0 unspecified atom stereocenters. The first-order chi connectivity index (χ1) is 8.69. The van der Waals surface area contributed by atoms with Crippen molar-refractivity contribution in [1.82, 2.24) is 0 Å². The lowest BCUT2D eigenvalue weighted by Crippen LogP contribution is -2.11. The second-order valence-electron chi connectivity index (χ2n) is 3.70. The van der Waals surface area contributed by atoms with E-state index in [1.165, 1.54) is 0 Å². The standard InChI is InChI=1S/C14H12INO2/c1-18-13-7-3-6-12(9-13)16-14(17)10-4-2-5-11(15)8-10/h2-9H,1H3,(H,16,17). The van der Waals surface area contributed by atoms with Gasteiger partial charge in [0.2, 0.25) is 0 Å². The molecule has 0 atom stereocenters. The van der Waals surface area contributed by atoms with Gasteiger partial charge in [-0.3, -0.25) is 4.79 Å². The van der Waals surface area contributed by atoms with E-state index in [9.17, 15) is 4.79 Å². The Kier molecular flexibility index (Phi) is 4.19. The molecule has 3 nitrogen and oxygen atoms in total. The van der Waals surface area contributed by atoms with E-state index >= 15 is 0 Å². The topological polar surface area (TPSA) is 38.3 Å². The maximum absolute atomic E-state index is 12.0. The van der Waals surface area contributed by atoms with E-state index < -0.39 is 0 Å². The molecule has 0 spiro atoms. The van der Waals surface area contributed by atoms with Crippen molar-refractivity contribution in [2.24, 2.45) is 0 Å². The normalized spacial score (nSPS) is 9.89. The third-order valence-electron chi connectivity index (χ3n) is 2.41. The van der Waals surface area contributed by atoms with Crippen LogP contribution in [0.4, 0.5) is 5.69 Å². The predicted molar refractivity (Wildman–Crippen MR) is 80.1 cm³/mol. The average Bonchev–Trinajstić information content (AvgIpc) is 2.39. The summed E-state index contributed by atoms with van der Waals surface area (Å²) in [5, 5.41) is 2.84. The molecule has 1 amide bonds. The van der Waals surface area contributed by atoms with Crippen LogP contribution in [-0.2, 0) is 0 Å². The van der Waals surface area contributed by atoms with Gasteiger partial charge in [0.05, 0.1) is 7.11 Å². The predicted octanol–water partition coefficient (Wildman–Crippen LogP) is 3.55. The molecule has 0 saturated heterocycles. The summed E-state index contributed by atoms with van der Waals surface area (Å²) in [6.07, 6.45) is 0. The number of hydrogen-bond acceptors (Lipinski definition) is 2. The van der Waals surface area contributed by atoms with Crippen LogP contribution in [0.5, 0.6) is 5.75 Å². The molecule has 92 valence electrons. The van der Waals surface area contributed by atoms with Gasteiger partial charge in [0.15, 0.2) is 0 Å². The zero-order chi connectivity index (χ0) is 13.0. The highest BCUT2D eigenvalue weighted by Crippen LogP contribution is 2.18. The van der Waals surface area contributed by atoms with Crippen LogP contribution in [0.2, 0.25) is 0 Å². The monoisotopic (exact) mass is 353 g/mol. The van der Waals surface area contributed by atoms with Gasteiger partial charge in [0.25, 0.3) is 5.91 Å².